The van der Waals surface area contributed by atoms with Crippen LogP contribution in [0.5, 0.6) is 0 Å². The van der Waals surface area contributed by atoms with Crippen LogP contribution >= 0.6 is 0 Å². The van der Waals surface area contributed by atoms with Crippen molar-refractivity contribution in [3.05, 3.63) is 70.8 Å². The summed E-state index contributed by atoms with van der Waals surface area (Å²) in [6, 6.07) is 7.00. The predicted molar refractivity (Wildman–Crippen MR) is 90.2 cm³/mol. The van der Waals surface area contributed by atoms with Gasteiger partial charge in [-0.15, -0.1) is 0 Å². The van der Waals surface area contributed by atoms with Gasteiger partial charge in [0.05, 0.1) is 17.2 Å². The van der Waals surface area contributed by atoms with E-state index in [1.807, 2.05) is 0 Å². The molecule has 0 radical (unpaired) electrons. The van der Waals surface area contributed by atoms with Crippen LogP contribution in [-0.2, 0) is 18.9 Å². The van der Waals surface area contributed by atoms with E-state index in [9.17, 15) is 41.0 Å². The SMILES string of the molecule is C[C@H](C(=O)c1cc(C(F)(F)F)cc(C(F)(F)F)c1)N(Cc1ccccc1)C(=O)O. The molecule has 0 bridgehead atoms. The molecule has 0 aliphatic heterocycles. The number of carbonyl (C=O) groups is 2. The summed E-state index contributed by atoms with van der Waals surface area (Å²) >= 11 is 0. The van der Waals surface area contributed by atoms with E-state index in [2.05, 4.69) is 0 Å². The van der Waals surface area contributed by atoms with Gasteiger partial charge in [0.2, 0.25) is 0 Å². The zero-order valence-corrected chi connectivity index (χ0v) is 14.9. The molecule has 0 saturated heterocycles. The second-order valence-electron chi connectivity index (χ2n) is 6.23. The first-order chi connectivity index (χ1) is 13.3. The summed E-state index contributed by atoms with van der Waals surface area (Å²) in [7, 11) is 0. The van der Waals surface area contributed by atoms with Gasteiger partial charge in [-0.2, -0.15) is 26.3 Å². The number of halogens is 6. The topological polar surface area (TPSA) is 57.6 Å². The van der Waals surface area contributed by atoms with E-state index in [1.54, 1.807) is 30.3 Å². The van der Waals surface area contributed by atoms with Crippen LogP contribution in [0.25, 0.3) is 0 Å². The molecule has 1 amide bonds. The summed E-state index contributed by atoms with van der Waals surface area (Å²) in [6.07, 6.45) is -11.8. The van der Waals surface area contributed by atoms with E-state index in [1.165, 1.54) is 0 Å². The highest BCUT2D eigenvalue weighted by molar-refractivity contribution is 6.01. The monoisotopic (exact) mass is 419 g/mol. The number of benzene rings is 2. The smallest absolute Gasteiger partial charge is 0.416 e. The standard InChI is InChI=1S/C19H15F6NO3/c1-11(26(17(28)29)10-12-5-3-2-4-6-12)16(27)13-7-14(18(20,21)22)9-15(8-13)19(23,24)25/h2-9,11H,10H2,1H3,(H,28,29)/t11-/m1/s1. The fourth-order valence-electron chi connectivity index (χ4n) is 2.63. The Morgan fingerprint density at radius 3 is 1.83 bits per heavy atom. The van der Waals surface area contributed by atoms with Crippen molar-refractivity contribution in [2.24, 2.45) is 0 Å². The average Bonchev–Trinajstić information content (AvgIpc) is 2.63. The molecule has 2 rings (SSSR count). The molecule has 4 nitrogen and oxygen atoms in total. The Labute approximate surface area is 161 Å². The van der Waals surface area contributed by atoms with Gasteiger partial charge in [0, 0.05) is 12.1 Å². The van der Waals surface area contributed by atoms with Gasteiger partial charge in [0.15, 0.2) is 5.78 Å². The predicted octanol–water partition coefficient (Wildman–Crippen LogP) is 5.48. The first-order valence-electron chi connectivity index (χ1n) is 8.18. The van der Waals surface area contributed by atoms with Crippen LogP contribution < -0.4 is 0 Å². The van der Waals surface area contributed by atoms with Crippen LogP contribution in [0.3, 0.4) is 0 Å². The number of ketones is 1. The third kappa shape index (κ3) is 5.49. The highest BCUT2D eigenvalue weighted by atomic mass is 19.4. The van der Waals surface area contributed by atoms with Crippen molar-refractivity contribution in [1.29, 1.82) is 0 Å². The number of alkyl halides is 6. The normalized spacial score (nSPS) is 13.1. The number of rotatable bonds is 5. The van der Waals surface area contributed by atoms with E-state index in [-0.39, 0.29) is 24.7 Å². The van der Waals surface area contributed by atoms with Gasteiger partial charge in [-0.3, -0.25) is 9.69 Å². The molecule has 0 spiro atoms. The van der Waals surface area contributed by atoms with Crippen molar-refractivity contribution in [2.75, 3.05) is 0 Å². The maximum Gasteiger partial charge on any atom is 0.416 e. The van der Waals surface area contributed by atoms with Gasteiger partial charge in [-0.1, -0.05) is 30.3 Å². The highest BCUT2D eigenvalue weighted by Gasteiger charge is 2.38. The van der Waals surface area contributed by atoms with E-state index in [0.717, 1.165) is 6.92 Å². The third-order valence-corrected chi connectivity index (χ3v) is 4.16. The second-order valence-corrected chi connectivity index (χ2v) is 6.23. The van der Waals surface area contributed by atoms with Crippen molar-refractivity contribution in [3.8, 4) is 0 Å². The Kier molecular flexibility index (Phi) is 6.24. The molecule has 1 atom stereocenters. The maximum absolute atomic E-state index is 13.0. The van der Waals surface area contributed by atoms with Gasteiger partial charge < -0.3 is 5.11 Å². The number of nitrogens with zero attached hydrogens (tertiary/aromatic N) is 1. The van der Waals surface area contributed by atoms with Gasteiger partial charge in [-0.05, 0) is 30.7 Å². The lowest BCUT2D eigenvalue weighted by molar-refractivity contribution is -0.143. The van der Waals surface area contributed by atoms with Gasteiger partial charge in [-0.25, -0.2) is 4.79 Å². The Bertz CT molecular complexity index is 861. The molecule has 156 valence electrons. The molecule has 0 aromatic heterocycles. The number of Topliss-reactive ketones (excluding diaryl/α,β-unsaturated/α-hetero) is 1. The third-order valence-electron chi connectivity index (χ3n) is 4.16. The lowest BCUT2D eigenvalue weighted by Gasteiger charge is -2.26. The highest BCUT2D eigenvalue weighted by Crippen LogP contribution is 2.36. The lowest BCUT2D eigenvalue weighted by atomic mass is 9.98. The Balaban J connectivity index is 2.44. The van der Waals surface area contributed by atoms with Crippen LogP contribution in [0.4, 0.5) is 31.1 Å². The molecule has 1 N–H and O–H groups in total. The van der Waals surface area contributed by atoms with Gasteiger partial charge in [0.1, 0.15) is 0 Å². The molecular formula is C19H15F6NO3. The number of amides is 1. The Hall–Kier alpha value is -3.04. The summed E-state index contributed by atoms with van der Waals surface area (Å²) < 4.78 is 78.0. The zero-order chi connectivity index (χ0) is 22.0. The minimum absolute atomic E-state index is 0.0968. The molecule has 2 aromatic carbocycles. The minimum atomic E-state index is -5.12. The molecule has 0 fully saturated rings. The summed E-state index contributed by atoms with van der Waals surface area (Å²) in [6.45, 7) is 0.834. The molecule has 2 aromatic rings. The first kappa shape index (κ1) is 22.3. The van der Waals surface area contributed by atoms with E-state index in [4.69, 9.17) is 0 Å². The number of carboxylic acid groups (broad SMARTS) is 1. The van der Waals surface area contributed by atoms with Gasteiger partial charge in [0.25, 0.3) is 0 Å². The van der Waals surface area contributed by atoms with Crippen LogP contribution in [0.1, 0.15) is 34.0 Å². The Morgan fingerprint density at radius 1 is 0.931 bits per heavy atom. The van der Waals surface area contributed by atoms with Crippen molar-refractivity contribution >= 4 is 11.9 Å². The molecule has 29 heavy (non-hydrogen) atoms. The van der Waals surface area contributed by atoms with Crippen molar-refractivity contribution in [1.82, 2.24) is 4.90 Å². The minimum Gasteiger partial charge on any atom is -0.465 e. The van der Waals surface area contributed by atoms with Crippen molar-refractivity contribution in [2.45, 2.75) is 31.9 Å². The summed E-state index contributed by atoms with van der Waals surface area (Å²) in [5.41, 5.74) is -3.67. The molecule has 0 heterocycles. The van der Waals surface area contributed by atoms with E-state index in [0.29, 0.717) is 10.5 Å². The fraction of sp³-hybridized carbons (Fsp3) is 0.263. The molecule has 0 unspecified atom stereocenters. The lowest BCUT2D eigenvalue weighted by Crippen LogP contribution is -2.42. The number of carbonyl (C=O) groups excluding carboxylic acids is 1. The fourth-order valence-corrected chi connectivity index (χ4v) is 2.63. The molecule has 10 heteroatoms. The quantitative estimate of drug-likeness (QED) is 0.516. The van der Waals surface area contributed by atoms with Crippen LogP contribution in [0.2, 0.25) is 0 Å². The number of hydrogen-bond donors (Lipinski definition) is 1. The van der Waals surface area contributed by atoms with Crippen LogP contribution in [-0.4, -0.2) is 27.9 Å². The molecule has 0 aliphatic carbocycles. The zero-order valence-electron chi connectivity index (χ0n) is 14.9. The average molecular weight is 419 g/mol. The van der Waals surface area contributed by atoms with E-state index < -0.39 is 47.0 Å². The number of hydrogen-bond acceptors (Lipinski definition) is 2. The molecule has 0 aliphatic rings. The van der Waals surface area contributed by atoms with Crippen LogP contribution in [0, 0.1) is 0 Å². The van der Waals surface area contributed by atoms with Crippen molar-refractivity contribution < 1.29 is 41.0 Å². The summed E-state index contributed by atoms with van der Waals surface area (Å²) in [5, 5.41) is 9.38. The summed E-state index contributed by atoms with van der Waals surface area (Å²) in [5.74, 6) is -1.18. The first-order valence-corrected chi connectivity index (χ1v) is 8.18. The molecule has 0 saturated carbocycles. The van der Waals surface area contributed by atoms with Crippen molar-refractivity contribution in [3.63, 3.8) is 0 Å². The largest absolute Gasteiger partial charge is 0.465 e. The van der Waals surface area contributed by atoms with Gasteiger partial charge >= 0.3 is 18.4 Å². The Morgan fingerprint density at radius 2 is 1.41 bits per heavy atom. The molecular weight excluding hydrogens is 404 g/mol. The van der Waals surface area contributed by atoms with E-state index >= 15 is 0 Å². The summed E-state index contributed by atoms with van der Waals surface area (Å²) in [4.78, 5) is 24.8. The maximum atomic E-state index is 13.0. The second kappa shape index (κ2) is 8.14. The van der Waals surface area contributed by atoms with Crippen LogP contribution in [0.15, 0.2) is 48.5 Å².